The van der Waals surface area contributed by atoms with E-state index in [0.717, 1.165) is 25.7 Å². The average molecular weight is 637 g/mol. The van der Waals surface area contributed by atoms with Crippen LogP contribution in [0.15, 0.2) is 18.2 Å². The predicted molar refractivity (Wildman–Crippen MR) is 146 cm³/mol. The van der Waals surface area contributed by atoms with Gasteiger partial charge in [-0.3, -0.25) is 28.8 Å². The SMILES string of the molecule is NC(=O)C1C(=O)C[C@@H]2[C@@H](OC(=O)CCBr)[C@H]3C(C(=O)c4c(O)cccc4[C@@H]3CSC3CCCC3)C(=O)[C@]2(O)C1=O. The number of rotatable bonds is 7. The number of phenols is 1. The number of fused-ring (bicyclic) bond motifs is 3. The maximum absolute atomic E-state index is 14.1. The number of ether oxygens (including phenoxy) is 1. The molecule has 0 saturated heterocycles. The van der Waals surface area contributed by atoms with Gasteiger partial charge in [-0.25, -0.2) is 0 Å². The number of carbonyl (C=O) groups excluding carboxylic acids is 6. The van der Waals surface area contributed by atoms with Crippen molar-refractivity contribution in [1.82, 2.24) is 0 Å². The molecule has 214 valence electrons. The molecule has 3 saturated carbocycles. The Morgan fingerprint density at radius 1 is 1.12 bits per heavy atom. The van der Waals surface area contributed by atoms with Gasteiger partial charge in [-0.1, -0.05) is 40.9 Å². The summed E-state index contributed by atoms with van der Waals surface area (Å²) in [7, 11) is 0. The lowest BCUT2D eigenvalue weighted by atomic mass is 9.50. The van der Waals surface area contributed by atoms with Crippen LogP contribution in [-0.2, 0) is 28.7 Å². The van der Waals surface area contributed by atoms with E-state index in [0.29, 0.717) is 16.6 Å². The topological polar surface area (TPSA) is 178 Å². The average Bonchev–Trinajstić information content (AvgIpc) is 3.41. The first-order valence-corrected chi connectivity index (χ1v) is 15.6. The van der Waals surface area contributed by atoms with Crippen LogP contribution >= 0.6 is 27.7 Å². The summed E-state index contributed by atoms with van der Waals surface area (Å²) in [5.74, 6) is -13.0. The molecule has 2 unspecified atom stereocenters. The number of primary amides is 1. The van der Waals surface area contributed by atoms with E-state index in [4.69, 9.17) is 10.5 Å². The van der Waals surface area contributed by atoms with Gasteiger partial charge in [0.05, 0.1) is 17.9 Å². The van der Waals surface area contributed by atoms with Crippen molar-refractivity contribution in [3.05, 3.63) is 29.3 Å². The third-order valence-corrected chi connectivity index (χ3v) is 10.8. The number of benzene rings is 1. The summed E-state index contributed by atoms with van der Waals surface area (Å²) in [5, 5.41) is 23.1. The van der Waals surface area contributed by atoms with Crippen molar-refractivity contribution < 1.29 is 43.7 Å². The fraction of sp³-hybridized carbons (Fsp3) is 0.571. The summed E-state index contributed by atoms with van der Waals surface area (Å²) in [6, 6.07) is 4.60. The summed E-state index contributed by atoms with van der Waals surface area (Å²) in [6.45, 7) is 0. The number of carbonyl (C=O) groups is 6. The number of phenolic OH excluding ortho intramolecular Hbond substituents is 1. The quantitative estimate of drug-likeness (QED) is 0.227. The Hall–Kier alpha value is -2.57. The van der Waals surface area contributed by atoms with E-state index >= 15 is 0 Å². The largest absolute Gasteiger partial charge is 0.507 e. The minimum atomic E-state index is -2.95. The van der Waals surface area contributed by atoms with Crippen LogP contribution < -0.4 is 5.73 Å². The highest BCUT2D eigenvalue weighted by Gasteiger charge is 2.71. The van der Waals surface area contributed by atoms with Crippen LogP contribution in [0.4, 0.5) is 0 Å². The second-order valence-electron chi connectivity index (χ2n) is 11.0. The molecule has 7 atom stereocenters. The Bertz CT molecular complexity index is 1290. The van der Waals surface area contributed by atoms with Gasteiger partial charge in [0.1, 0.15) is 11.9 Å². The molecule has 10 nitrogen and oxygen atoms in total. The van der Waals surface area contributed by atoms with Crippen molar-refractivity contribution in [1.29, 1.82) is 0 Å². The molecule has 5 rings (SSSR count). The second-order valence-corrected chi connectivity index (χ2v) is 13.1. The number of aromatic hydroxyl groups is 1. The normalized spacial score (nSPS) is 33.8. The Morgan fingerprint density at radius 2 is 1.82 bits per heavy atom. The molecule has 0 aliphatic heterocycles. The van der Waals surface area contributed by atoms with E-state index in [1.165, 1.54) is 6.07 Å². The van der Waals surface area contributed by atoms with Crippen molar-refractivity contribution in [3.8, 4) is 5.75 Å². The molecule has 1 aromatic carbocycles. The van der Waals surface area contributed by atoms with Crippen LogP contribution in [-0.4, -0.2) is 73.3 Å². The molecule has 3 fully saturated rings. The van der Waals surface area contributed by atoms with Crippen molar-refractivity contribution in [3.63, 3.8) is 0 Å². The van der Waals surface area contributed by atoms with Crippen LogP contribution in [0, 0.1) is 23.7 Å². The first kappa shape index (κ1) is 28.9. The standard InChI is InChI=1S/C28H30BrNO9S/c29-9-8-18(33)39-24-15-10-17(32)21(27(30)37)25(35)28(15,38)26(36)22-20(24)14(11-40-12-4-1-2-5-12)13-6-3-7-16(31)19(13)23(22)34/h3,6-7,12,14-15,20-22,24,31,38H,1-2,4-5,8-11H2,(H2,30,37)/t14-,15+,20+,21?,22?,24+,28+/m0/s1. The van der Waals surface area contributed by atoms with E-state index in [1.54, 1.807) is 23.9 Å². The van der Waals surface area contributed by atoms with Gasteiger partial charge >= 0.3 is 5.97 Å². The number of amides is 1. The molecule has 1 amide bonds. The summed E-state index contributed by atoms with van der Waals surface area (Å²) in [6.07, 6.45) is 2.16. The van der Waals surface area contributed by atoms with Crippen LogP contribution in [0.2, 0.25) is 0 Å². The summed E-state index contributed by atoms with van der Waals surface area (Å²) in [5.41, 5.74) is 2.76. The molecule has 4 aliphatic rings. The Balaban J connectivity index is 1.67. The minimum absolute atomic E-state index is 0.0764. The minimum Gasteiger partial charge on any atom is -0.507 e. The van der Waals surface area contributed by atoms with E-state index in [9.17, 15) is 39.0 Å². The molecule has 4 aliphatic carbocycles. The Kier molecular flexibility index (Phi) is 7.97. The zero-order valence-electron chi connectivity index (χ0n) is 21.5. The highest BCUT2D eigenvalue weighted by atomic mass is 79.9. The maximum Gasteiger partial charge on any atom is 0.306 e. The Morgan fingerprint density at radius 3 is 2.48 bits per heavy atom. The van der Waals surface area contributed by atoms with Gasteiger partial charge in [-0.2, -0.15) is 11.8 Å². The van der Waals surface area contributed by atoms with E-state index in [-0.39, 0.29) is 23.1 Å². The number of nitrogens with two attached hydrogens (primary N) is 1. The second kappa shape index (κ2) is 11.0. The third kappa shape index (κ3) is 4.52. The first-order chi connectivity index (χ1) is 19.0. The van der Waals surface area contributed by atoms with Crippen LogP contribution in [0.1, 0.15) is 60.4 Å². The molecule has 0 radical (unpaired) electrons. The number of halogens is 1. The highest BCUT2D eigenvalue weighted by molar-refractivity contribution is 9.09. The predicted octanol–water partition coefficient (Wildman–Crippen LogP) is 1.85. The number of esters is 1. The fourth-order valence-electron chi connectivity index (χ4n) is 7.04. The van der Waals surface area contributed by atoms with Crippen LogP contribution in [0.5, 0.6) is 5.75 Å². The van der Waals surface area contributed by atoms with Crippen molar-refractivity contribution in [2.75, 3.05) is 11.1 Å². The number of Topliss-reactive ketones (excluding diaryl/α,β-unsaturated/α-hetero) is 4. The van der Waals surface area contributed by atoms with Crippen molar-refractivity contribution in [2.24, 2.45) is 29.4 Å². The van der Waals surface area contributed by atoms with Gasteiger partial charge in [-0.05, 0) is 24.5 Å². The zero-order valence-corrected chi connectivity index (χ0v) is 23.9. The molecule has 0 spiro atoms. The monoisotopic (exact) mass is 635 g/mol. The molecular weight excluding hydrogens is 606 g/mol. The Labute approximate surface area is 242 Å². The molecule has 0 aromatic heterocycles. The van der Waals surface area contributed by atoms with Crippen LogP contribution in [0.3, 0.4) is 0 Å². The molecule has 0 heterocycles. The van der Waals surface area contributed by atoms with Gasteiger partial charge in [0.15, 0.2) is 34.7 Å². The number of alkyl halides is 1. The number of aliphatic hydroxyl groups is 1. The number of ketones is 4. The zero-order chi connectivity index (χ0) is 28.9. The van der Waals surface area contributed by atoms with Gasteiger partial charge in [0.2, 0.25) is 5.91 Å². The van der Waals surface area contributed by atoms with Gasteiger partial charge in [0, 0.05) is 40.5 Å². The van der Waals surface area contributed by atoms with Gasteiger partial charge < -0.3 is 20.7 Å². The smallest absolute Gasteiger partial charge is 0.306 e. The van der Waals surface area contributed by atoms with E-state index in [1.807, 2.05) is 0 Å². The number of hydrogen-bond acceptors (Lipinski definition) is 10. The number of hydrogen-bond donors (Lipinski definition) is 3. The highest BCUT2D eigenvalue weighted by Crippen LogP contribution is 2.56. The lowest BCUT2D eigenvalue weighted by Gasteiger charge is -2.54. The lowest BCUT2D eigenvalue weighted by molar-refractivity contribution is -0.198. The molecule has 4 N–H and O–H groups in total. The van der Waals surface area contributed by atoms with Crippen molar-refractivity contribution in [2.45, 2.75) is 61.4 Å². The van der Waals surface area contributed by atoms with E-state index < -0.39 is 82.7 Å². The van der Waals surface area contributed by atoms with Crippen LogP contribution in [0.25, 0.3) is 0 Å². The maximum atomic E-state index is 14.1. The molecule has 40 heavy (non-hydrogen) atoms. The van der Waals surface area contributed by atoms with E-state index in [2.05, 4.69) is 15.9 Å². The fourth-order valence-corrected chi connectivity index (χ4v) is 8.92. The summed E-state index contributed by atoms with van der Waals surface area (Å²) in [4.78, 5) is 79.3. The molecular formula is C28H30BrNO9S. The van der Waals surface area contributed by atoms with Gasteiger partial charge in [0.25, 0.3) is 0 Å². The third-order valence-electron chi connectivity index (χ3n) is 8.87. The summed E-state index contributed by atoms with van der Waals surface area (Å²) >= 11 is 4.85. The molecule has 12 heteroatoms. The lowest BCUT2D eigenvalue weighted by Crippen LogP contribution is -2.73. The van der Waals surface area contributed by atoms with Crippen molar-refractivity contribution >= 4 is 62.7 Å². The first-order valence-electron chi connectivity index (χ1n) is 13.4. The number of thioether (sulfide) groups is 1. The molecule has 1 aromatic rings. The summed E-state index contributed by atoms with van der Waals surface area (Å²) < 4.78 is 5.85. The molecule has 0 bridgehead atoms. The van der Waals surface area contributed by atoms with Gasteiger partial charge in [-0.15, -0.1) is 0 Å².